The number of hydrogen-bond donors (Lipinski definition) is 1. The first-order valence-electron chi connectivity index (χ1n) is 12.8. The zero-order valence-electron chi connectivity index (χ0n) is 22.8. The molecular weight excluding hydrogens is 628 g/mol. The molecule has 0 fully saturated rings. The molecule has 0 aliphatic rings. The molecule has 3 aromatic rings. The Morgan fingerprint density at radius 1 is 0.878 bits per heavy atom. The molecule has 3 rings (SSSR count). The highest BCUT2D eigenvalue weighted by Crippen LogP contribution is 2.31. The molecule has 0 spiro atoms. The second-order valence-corrected chi connectivity index (χ2v) is 13.2. The molecule has 0 saturated carbocycles. The number of carbonyl (C=O) groups excluding carboxylic acids is 2. The van der Waals surface area contributed by atoms with Gasteiger partial charge in [0.2, 0.25) is 21.8 Å². The van der Waals surface area contributed by atoms with E-state index in [1.807, 2.05) is 44.2 Å². The van der Waals surface area contributed by atoms with Crippen molar-refractivity contribution in [3.05, 3.63) is 97.9 Å². The zero-order chi connectivity index (χ0) is 30.3. The van der Waals surface area contributed by atoms with E-state index in [4.69, 9.17) is 46.4 Å². The van der Waals surface area contributed by atoms with E-state index in [2.05, 4.69) is 5.32 Å². The van der Waals surface area contributed by atoms with E-state index in [-0.39, 0.29) is 40.6 Å². The Balaban J connectivity index is 2.10. The lowest BCUT2D eigenvalue weighted by atomic mass is 10.0. The standard InChI is InChI=1S/C29H31Cl4N3O4S/c1-4-19(2)34-29(38)27(15-20-8-6-5-7-9-20)35(17-21-10-12-23(31)24(32)14-21)28(37)18-36(41(3,39)40)26-13-11-22(30)16-25(26)33/h5-14,16,19,27H,4,15,17-18H2,1-3H3,(H,34,38)/t19-,27-/m1/s1. The molecule has 0 unspecified atom stereocenters. The lowest BCUT2D eigenvalue weighted by molar-refractivity contribution is -0.140. The molecule has 0 aliphatic heterocycles. The zero-order valence-corrected chi connectivity index (χ0v) is 26.6. The van der Waals surface area contributed by atoms with Crippen LogP contribution in [0.25, 0.3) is 0 Å². The molecule has 1 N–H and O–H groups in total. The minimum atomic E-state index is -3.98. The minimum Gasteiger partial charge on any atom is -0.352 e. The molecular formula is C29H31Cl4N3O4S. The van der Waals surface area contributed by atoms with Gasteiger partial charge in [-0.15, -0.1) is 0 Å². The van der Waals surface area contributed by atoms with Crippen LogP contribution in [0.2, 0.25) is 20.1 Å². The van der Waals surface area contributed by atoms with Crippen LogP contribution in [-0.4, -0.2) is 50.0 Å². The van der Waals surface area contributed by atoms with Crippen molar-refractivity contribution in [2.24, 2.45) is 0 Å². The highest BCUT2D eigenvalue weighted by Gasteiger charge is 2.34. The van der Waals surface area contributed by atoms with Gasteiger partial charge in [0.1, 0.15) is 12.6 Å². The van der Waals surface area contributed by atoms with Crippen molar-refractivity contribution in [3.8, 4) is 0 Å². The Bertz CT molecular complexity index is 1490. The van der Waals surface area contributed by atoms with Crippen molar-refractivity contribution in [3.63, 3.8) is 0 Å². The molecule has 7 nitrogen and oxygen atoms in total. The Kier molecular flexibility index (Phi) is 11.8. The van der Waals surface area contributed by atoms with Crippen LogP contribution < -0.4 is 9.62 Å². The predicted octanol–water partition coefficient (Wildman–Crippen LogP) is 6.62. The number of halogens is 4. The van der Waals surface area contributed by atoms with E-state index in [1.165, 1.54) is 23.1 Å². The monoisotopic (exact) mass is 657 g/mol. The largest absolute Gasteiger partial charge is 0.352 e. The van der Waals surface area contributed by atoms with Gasteiger partial charge in [0.25, 0.3) is 0 Å². The molecule has 3 aromatic carbocycles. The summed E-state index contributed by atoms with van der Waals surface area (Å²) in [7, 11) is -3.98. The summed E-state index contributed by atoms with van der Waals surface area (Å²) in [6.07, 6.45) is 1.85. The highest BCUT2D eigenvalue weighted by molar-refractivity contribution is 7.92. The molecule has 0 radical (unpaired) electrons. The number of amides is 2. The number of benzene rings is 3. The van der Waals surface area contributed by atoms with Gasteiger partial charge < -0.3 is 10.2 Å². The number of rotatable bonds is 12. The number of anilines is 1. The maximum Gasteiger partial charge on any atom is 0.244 e. The number of nitrogens with one attached hydrogen (secondary N) is 1. The molecule has 0 saturated heterocycles. The van der Waals surface area contributed by atoms with E-state index in [1.54, 1.807) is 18.2 Å². The van der Waals surface area contributed by atoms with Crippen LogP contribution in [0, 0.1) is 0 Å². The van der Waals surface area contributed by atoms with Gasteiger partial charge in [-0.3, -0.25) is 13.9 Å². The van der Waals surface area contributed by atoms with Gasteiger partial charge in [0, 0.05) is 24.0 Å². The number of nitrogens with zero attached hydrogens (tertiary/aromatic N) is 2. The summed E-state index contributed by atoms with van der Waals surface area (Å²) in [6, 6.07) is 17.4. The molecule has 12 heteroatoms. The van der Waals surface area contributed by atoms with Crippen molar-refractivity contribution < 1.29 is 18.0 Å². The summed E-state index contributed by atoms with van der Waals surface area (Å²) < 4.78 is 26.7. The summed E-state index contributed by atoms with van der Waals surface area (Å²) in [5, 5.41) is 3.96. The molecule has 0 aliphatic carbocycles. The predicted molar refractivity (Wildman–Crippen MR) is 167 cm³/mol. The van der Waals surface area contributed by atoms with Crippen molar-refractivity contribution >= 4 is 73.9 Å². The normalized spacial score (nSPS) is 12.9. The number of sulfonamides is 1. The van der Waals surface area contributed by atoms with Crippen molar-refractivity contribution in [2.45, 2.75) is 45.3 Å². The quantitative estimate of drug-likeness (QED) is 0.237. The lowest BCUT2D eigenvalue weighted by Gasteiger charge is -2.34. The third-order valence-corrected chi connectivity index (χ3v) is 8.87. The summed E-state index contributed by atoms with van der Waals surface area (Å²) >= 11 is 24.7. The van der Waals surface area contributed by atoms with Gasteiger partial charge in [-0.05, 0) is 54.8 Å². The van der Waals surface area contributed by atoms with Crippen LogP contribution in [0.4, 0.5) is 5.69 Å². The fourth-order valence-corrected chi connectivity index (χ4v) is 5.85. The van der Waals surface area contributed by atoms with Crippen LogP contribution in [0.1, 0.15) is 31.4 Å². The van der Waals surface area contributed by atoms with Crippen molar-refractivity contribution in [2.75, 3.05) is 17.1 Å². The van der Waals surface area contributed by atoms with Gasteiger partial charge in [-0.2, -0.15) is 0 Å². The SMILES string of the molecule is CC[C@@H](C)NC(=O)[C@@H](Cc1ccccc1)N(Cc1ccc(Cl)c(Cl)c1)C(=O)CN(c1ccc(Cl)cc1Cl)S(C)(=O)=O. The average Bonchev–Trinajstić information content (AvgIpc) is 2.91. The highest BCUT2D eigenvalue weighted by atomic mass is 35.5. The molecule has 0 heterocycles. The summed E-state index contributed by atoms with van der Waals surface area (Å²) in [5.74, 6) is -0.986. The van der Waals surface area contributed by atoms with E-state index in [0.717, 1.165) is 16.1 Å². The molecule has 2 amide bonds. The lowest BCUT2D eigenvalue weighted by Crippen LogP contribution is -2.54. The first-order chi connectivity index (χ1) is 19.3. The molecule has 41 heavy (non-hydrogen) atoms. The number of carbonyl (C=O) groups is 2. The van der Waals surface area contributed by atoms with E-state index in [9.17, 15) is 18.0 Å². The third-order valence-electron chi connectivity index (χ3n) is 6.47. The maximum absolute atomic E-state index is 14.1. The van der Waals surface area contributed by atoms with Crippen LogP contribution in [0.5, 0.6) is 0 Å². The molecule has 0 bridgehead atoms. The molecule has 2 atom stereocenters. The smallest absolute Gasteiger partial charge is 0.244 e. The van der Waals surface area contributed by atoms with Crippen LogP contribution in [0.3, 0.4) is 0 Å². The van der Waals surface area contributed by atoms with Crippen LogP contribution >= 0.6 is 46.4 Å². The average molecular weight is 659 g/mol. The topological polar surface area (TPSA) is 86.8 Å². The van der Waals surface area contributed by atoms with Gasteiger partial charge >= 0.3 is 0 Å². The van der Waals surface area contributed by atoms with Gasteiger partial charge in [-0.1, -0.05) is 89.7 Å². The summed E-state index contributed by atoms with van der Waals surface area (Å²) in [4.78, 5) is 29.2. The second-order valence-electron chi connectivity index (χ2n) is 9.66. The summed E-state index contributed by atoms with van der Waals surface area (Å²) in [6.45, 7) is 3.17. The molecule has 0 aromatic heterocycles. The van der Waals surface area contributed by atoms with E-state index in [0.29, 0.717) is 22.0 Å². The Morgan fingerprint density at radius 3 is 2.15 bits per heavy atom. The first-order valence-corrected chi connectivity index (χ1v) is 16.2. The summed E-state index contributed by atoms with van der Waals surface area (Å²) in [5.41, 5.74) is 1.52. The van der Waals surface area contributed by atoms with Crippen LogP contribution in [-0.2, 0) is 32.6 Å². The first kappa shape index (κ1) is 33.0. The maximum atomic E-state index is 14.1. The van der Waals surface area contributed by atoms with Gasteiger partial charge in [0.05, 0.1) is 27.0 Å². The van der Waals surface area contributed by atoms with E-state index < -0.39 is 28.5 Å². The van der Waals surface area contributed by atoms with Crippen LogP contribution in [0.15, 0.2) is 66.7 Å². The number of hydrogen-bond acceptors (Lipinski definition) is 4. The van der Waals surface area contributed by atoms with Gasteiger partial charge in [-0.25, -0.2) is 8.42 Å². The third kappa shape index (κ3) is 9.25. The fraction of sp³-hybridized carbons (Fsp3) is 0.310. The van der Waals surface area contributed by atoms with E-state index >= 15 is 0 Å². The molecule has 220 valence electrons. The Labute approximate surface area is 261 Å². The second kappa shape index (κ2) is 14.6. The van der Waals surface area contributed by atoms with Crippen molar-refractivity contribution in [1.82, 2.24) is 10.2 Å². The van der Waals surface area contributed by atoms with Crippen molar-refractivity contribution in [1.29, 1.82) is 0 Å². The fourth-order valence-electron chi connectivity index (χ4n) is 4.11. The Hall–Kier alpha value is -2.49. The minimum absolute atomic E-state index is 0.0346. The Morgan fingerprint density at radius 2 is 1.56 bits per heavy atom. The van der Waals surface area contributed by atoms with Gasteiger partial charge in [0.15, 0.2) is 0 Å².